The highest BCUT2D eigenvalue weighted by Gasteiger charge is 2.27. The van der Waals surface area contributed by atoms with Crippen LogP contribution >= 0.6 is 0 Å². The van der Waals surface area contributed by atoms with E-state index in [9.17, 15) is 17.2 Å². The van der Waals surface area contributed by atoms with Crippen molar-refractivity contribution in [2.75, 3.05) is 33.9 Å². The molecular weight excluding hydrogens is 302 g/mol. The smallest absolute Gasteiger partial charge is 0.245 e. The molecule has 0 radical (unpaired) electrons. The van der Waals surface area contributed by atoms with Crippen molar-refractivity contribution in [2.24, 2.45) is 0 Å². The molecule has 0 aliphatic carbocycles. The third-order valence-electron chi connectivity index (χ3n) is 2.95. The van der Waals surface area contributed by atoms with Gasteiger partial charge in [-0.3, -0.25) is 0 Å². The SMILES string of the molecule is CCOCCN(C)S(=O)(=O)c1ccc(F)c(CNC)c1F. The lowest BCUT2D eigenvalue weighted by molar-refractivity contribution is 0.138. The molecule has 1 aromatic carbocycles. The second-order valence-corrected chi connectivity index (χ2v) is 6.41. The minimum absolute atomic E-state index is 0.0916. The maximum absolute atomic E-state index is 14.2. The van der Waals surface area contributed by atoms with Crippen molar-refractivity contribution in [2.45, 2.75) is 18.4 Å². The first-order valence-corrected chi connectivity index (χ1v) is 7.95. The predicted molar refractivity (Wildman–Crippen MR) is 75.4 cm³/mol. The van der Waals surface area contributed by atoms with Crippen molar-refractivity contribution < 1.29 is 21.9 Å². The molecule has 0 aliphatic heterocycles. The Hall–Kier alpha value is -1.09. The van der Waals surface area contributed by atoms with E-state index in [-0.39, 0.29) is 25.3 Å². The molecule has 0 atom stereocenters. The lowest BCUT2D eigenvalue weighted by Gasteiger charge is -2.18. The normalized spacial score (nSPS) is 12.1. The molecule has 1 N–H and O–H groups in total. The summed E-state index contributed by atoms with van der Waals surface area (Å²) in [6.45, 7) is 2.46. The molecular formula is C13H20F2N2O3S. The number of halogens is 2. The first-order chi connectivity index (χ1) is 9.86. The van der Waals surface area contributed by atoms with Gasteiger partial charge in [0.25, 0.3) is 0 Å². The molecule has 1 rings (SSSR count). The highest BCUT2D eigenvalue weighted by atomic mass is 32.2. The van der Waals surface area contributed by atoms with Crippen LogP contribution in [0.3, 0.4) is 0 Å². The van der Waals surface area contributed by atoms with Gasteiger partial charge in [-0.05, 0) is 26.1 Å². The van der Waals surface area contributed by atoms with E-state index in [1.807, 2.05) is 0 Å². The molecule has 5 nitrogen and oxygen atoms in total. The lowest BCUT2D eigenvalue weighted by atomic mass is 10.2. The van der Waals surface area contributed by atoms with Crippen molar-refractivity contribution >= 4 is 10.0 Å². The number of hydrogen-bond donors (Lipinski definition) is 1. The zero-order chi connectivity index (χ0) is 16.0. The van der Waals surface area contributed by atoms with Crippen LogP contribution in [0, 0.1) is 11.6 Å². The molecule has 1 aromatic rings. The molecule has 0 saturated heterocycles. The van der Waals surface area contributed by atoms with Crippen molar-refractivity contribution in [3.05, 3.63) is 29.3 Å². The number of nitrogens with one attached hydrogen (secondary N) is 1. The minimum atomic E-state index is -4.02. The third kappa shape index (κ3) is 4.19. The number of rotatable bonds is 8. The number of nitrogens with zero attached hydrogens (tertiary/aromatic N) is 1. The van der Waals surface area contributed by atoms with Gasteiger partial charge in [-0.1, -0.05) is 0 Å². The van der Waals surface area contributed by atoms with Crippen molar-refractivity contribution in [1.29, 1.82) is 0 Å². The second kappa shape index (κ2) is 7.79. The van der Waals surface area contributed by atoms with Crippen LogP contribution in [0.1, 0.15) is 12.5 Å². The lowest BCUT2D eigenvalue weighted by Crippen LogP contribution is -2.31. The minimum Gasteiger partial charge on any atom is -0.380 e. The van der Waals surface area contributed by atoms with Gasteiger partial charge < -0.3 is 10.1 Å². The van der Waals surface area contributed by atoms with E-state index in [1.165, 1.54) is 14.1 Å². The number of sulfonamides is 1. The fourth-order valence-corrected chi connectivity index (χ4v) is 2.98. The van der Waals surface area contributed by atoms with Crippen LogP contribution in [0.25, 0.3) is 0 Å². The molecule has 0 saturated carbocycles. The topological polar surface area (TPSA) is 58.6 Å². The van der Waals surface area contributed by atoms with Crippen molar-refractivity contribution in [1.82, 2.24) is 9.62 Å². The maximum Gasteiger partial charge on any atom is 0.245 e. The first-order valence-electron chi connectivity index (χ1n) is 6.51. The van der Waals surface area contributed by atoms with Gasteiger partial charge in [0.2, 0.25) is 10.0 Å². The largest absolute Gasteiger partial charge is 0.380 e. The van der Waals surface area contributed by atoms with Crippen molar-refractivity contribution in [3.63, 3.8) is 0 Å². The summed E-state index contributed by atoms with van der Waals surface area (Å²) >= 11 is 0. The quantitative estimate of drug-likeness (QED) is 0.734. The van der Waals surface area contributed by atoms with Crippen LogP contribution in [-0.4, -0.2) is 46.6 Å². The monoisotopic (exact) mass is 322 g/mol. The summed E-state index contributed by atoms with van der Waals surface area (Å²) in [4.78, 5) is -0.534. The number of benzene rings is 1. The van der Waals surface area contributed by atoms with Crippen molar-refractivity contribution in [3.8, 4) is 0 Å². The Morgan fingerprint density at radius 2 is 2.00 bits per heavy atom. The van der Waals surface area contributed by atoms with Gasteiger partial charge in [0.15, 0.2) is 5.82 Å². The Bertz CT molecular complexity index is 579. The van der Waals surface area contributed by atoms with E-state index in [1.54, 1.807) is 6.92 Å². The molecule has 0 fully saturated rings. The van der Waals surface area contributed by atoms with E-state index in [0.29, 0.717) is 6.61 Å². The summed E-state index contributed by atoms with van der Waals surface area (Å²) in [7, 11) is -1.17. The van der Waals surface area contributed by atoms with Gasteiger partial charge in [0.1, 0.15) is 10.7 Å². The van der Waals surface area contributed by atoms with E-state index < -0.39 is 26.6 Å². The molecule has 0 bridgehead atoms. The van der Waals surface area contributed by atoms with E-state index in [0.717, 1.165) is 16.4 Å². The molecule has 0 heterocycles. The second-order valence-electron chi connectivity index (χ2n) is 4.39. The highest BCUT2D eigenvalue weighted by Crippen LogP contribution is 2.23. The fraction of sp³-hybridized carbons (Fsp3) is 0.538. The van der Waals surface area contributed by atoms with Gasteiger partial charge in [-0.15, -0.1) is 0 Å². The highest BCUT2D eigenvalue weighted by molar-refractivity contribution is 7.89. The average molecular weight is 322 g/mol. The van der Waals surface area contributed by atoms with Gasteiger partial charge in [-0.25, -0.2) is 17.2 Å². The zero-order valence-corrected chi connectivity index (χ0v) is 13.1. The maximum atomic E-state index is 14.2. The Balaban J connectivity index is 3.11. The van der Waals surface area contributed by atoms with Crippen LogP contribution in [0.4, 0.5) is 8.78 Å². The van der Waals surface area contributed by atoms with Gasteiger partial charge in [-0.2, -0.15) is 4.31 Å². The summed E-state index contributed by atoms with van der Waals surface area (Å²) in [6, 6.07) is 1.90. The zero-order valence-electron chi connectivity index (χ0n) is 12.3. The molecule has 21 heavy (non-hydrogen) atoms. The summed E-state index contributed by atoms with van der Waals surface area (Å²) in [5.74, 6) is -1.84. The van der Waals surface area contributed by atoms with E-state index >= 15 is 0 Å². The molecule has 0 spiro atoms. The molecule has 0 aliphatic rings. The Morgan fingerprint density at radius 3 is 2.57 bits per heavy atom. The van der Waals surface area contributed by atoms with Gasteiger partial charge in [0, 0.05) is 32.3 Å². The third-order valence-corrected chi connectivity index (χ3v) is 4.82. The van der Waals surface area contributed by atoms with Gasteiger partial charge in [0.05, 0.1) is 6.61 Å². The summed E-state index contributed by atoms with van der Waals surface area (Å²) < 4.78 is 58.5. The molecule has 0 aromatic heterocycles. The fourth-order valence-electron chi connectivity index (χ4n) is 1.74. The van der Waals surface area contributed by atoms with Crippen LogP contribution in [-0.2, 0) is 21.3 Å². The summed E-state index contributed by atoms with van der Waals surface area (Å²) in [5.41, 5.74) is -0.295. The molecule has 0 amide bonds. The number of likely N-dealkylation sites (N-methyl/N-ethyl adjacent to an activating group) is 1. The standard InChI is InChI=1S/C13H20F2N2O3S/c1-4-20-8-7-17(3)21(18,19)12-6-5-11(14)10(9-16-2)13(12)15/h5-6,16H,4,7-9H2,1-3H3. The van der Waals surface area contributed by atoms with Crippen LogP contribution in [0.15, 0.2) is 17.0 Å². The molecule has 120 valence electrons. The van der Waals surface area contributed by atoms with E-state index in [4.69, 9.17) is 4.74 Å². The Labute approximate surface area is 124 Å². The average Bonchev–Trinajstić information content (AvgIpc) is 2.43. The van der Waals surface area contributed by atoms with Crippen LogP contribution < -0.4 is 5.32 Å². The van der Waals surface area contributed by atoms with E-state index in [2.05, 4.69) is 5.32 Å². The molecule has 0 unspecified atom stereocenters. The Kier molecular flexibility index (Phi) is 6.66. The predicted octanol–water partition coefficient (Wildman–Crippen LogP) is 1.34. The summed E-state index contributed by atoms with van der Waals surface area (Å²) in [5, 5.41) is 2.61. The summed E-state index contributed by atoms with van der Waals surface area (Å²) in [6.07, 6.45) is 0. The van der Waals surface area contributed by atoms with Crippen LogP contribution in [0.2, 0.25) is 0 Å². The molecule has 8 heteroatoms. The van der Waals surface area contributed by atoms with Crippen LogP contribution in [0.5, 0.6) is 0 Å². The Morgan fingerprint density at radius 1 is 1.33 bits per heavy atom. The number of ether oxygens (including phenoxy) is 1. The number of hydrogen-bond acceptors (Lipinski definition) is 4. The van der Waals surface area contributed by atoms with Gasteiger partial charge >= 0.3 is 0 Å². The first kappa shape index (κ1) is 18.0.